The van der Waals surface area contributed by atoms with E-state index in [1.54, 1.807) is 0 Å². The zero-order valence-electron chi connectivity index (χ0n) is 18.1. The maximum absolute atomic E-state index is 2.12. The molecule has 0 nitrogen and oxygen atoms in total. The lowest BCUT2D eigenvalue weighted by atomic mass is 10.2. The first-order chi connectivity index (χ1) is 12.6. The normalized spacial score (nSPS) is 8.00. The molecular formula is C26H38. The van der Waals surface area contributed by atoms with Gasteiger partial charge in [0.05, 0.1) is 0 Å². The highest BCUT2D eigenvalue weighted by Crippen LogP contribution is 1.99. The summed E-state index contributed by atoms with van der Waals surface area (Å²) in [6.45, 7) is 16.4. The van der Waals surface area contributed by atoms with Gasteiger partial charge < -0.3 is 0 Å². The van der Waals surface area contributed by atoms with Crippen LogP contribution in [0.4, 0.5) is 0 Å². The molecule has 26 heavy (non-hydrogen) atoms. The number of hydrogen-bond acceptors (Lipinski definition) is 0. The van der Waals surface area contributed by atoms with Crippen LogP contribution >= 0.6 is 0 Å². The van der Waals surface area contributed by atoms with Crippen LogP contribution in [0.2, 0.25) is 0 Å². The Balaban J connectivity index is 0. The predicted molar refractivity (Wildman–Crippen MR) is 121 cm³/mol. The van der Waals surface area contributed by atoms with Crippen molar-refractivity contribution in [3.8, 4) is 0 Å². The largest absolute Gasteiger partial charge is 0.0683 e. The SMILES string of the molecule is CC.CC.Cc1ccc(C)cc1.Cc1ccccc1.Cc1ccccc1. The second kappa shape index (κ2) is 19.0. The molecule has 0 aliphatic rings. The van der Waals surface area contributed by atoms with Gasteiger partial charge in [0.1, 0.15) is 0 Å². The van der Waals surface area contributed by atoms with E-state index >= 15 is 0 Å². The fourth-order valence-electron chi connectivity index (χ4n) is 1.71. The zero-order chi connectivity index (χ0) is 20.2. The van der Waals surface area contributed by atoms with Crippen molar-refractivity contribution in [2.75, 3.05) is 0 Å². The minimum absolute atomic E-state index is 1.32. The lowest BCUT2D eigenvalue weighted by Gasteiger charge is -1.90. The van der Waals surface area contributed by atoms with Gasteiger partial charge in [-0.3, -0.25) is 0 Å². The molecule has 0 spiro atoms. The lowest BCUT2D eigenvalue weighted by molar-refractivity contribution is 1.40. The van der Waals surface area contributed by atoms with Crippen LogP contribution in [-0.4, -0.2) is 0 Å². The van der Waals surface area contributed by atoms with Crippen LogP contribution in [0.25, 0.3) is 0 Å². The fourth-order valence-corrected chi connectivity index (χ4v) is 1.71. The third-order valence-electron chi connectivity index (χ3n) is 3.10. The highest BCUT2D eigenvalue weighted by molar-refractivity contribution is 5.19. The van der Waals surface area contributed by atoms with Crippen molar-refractivity contribution in [1.29, 1.82) is 0 Å². The lowest BCUT2D eigenvalue weighted by Crippen LogP contribution is -1.70. The van der Waals surface area contributed by atoms with Crippen LogP contribution in [-0.2, 0) is 0 Å². The van der Waals surface area contributed by atoms with Crippen molar-refractivity contribution < 1.29 is 0 Å². The van der Waals surface area contributed by atoms with Crippen molar-refractivity contribution >= 4 is 0 Å². The highest BCUT2D eigenvalue weighted by atomic mass is 13.9. The summed E-state index contributed by atoms with van der Waals surface area (Å²) in [6, 6.07) is 29.0. The Morgan fingerprint density at radius 2 is 0.500 bits per heavy atom. The molecule has 0 unspecified atom stereocenters. The van der Waals surface area contributed by atoms with Gasteiger partial charge in [0.15, 0.2) is 0 Å². The van der Waals surface area contributed by atoms with E-state index in [1.807, 2.05) is 64.1 Å². The molecular weight excluding hydrogens is 312 g/mol. The van der Waals surface area contributed by atoms with E-state index in [2.05, 4.69) is 76.2 Å². The number of hydrogen-bond donors (Lipinski definition) is 0. The summed E-state index contributed by atoms with van der Waals surface area (Å²) < 4.78 is 0. The molecule has 0 bridgehead atoms. The van der Waals surface area contributed by atoms with E-state index in [4.69, 9.17) is 0 Å². The molecule has 0 radical (unpaired) electrons. The monoisotopic (exact) mass is 350 g/mol. The highest BCUT2D eigenvalue weighted by Gasteiger charge is 1.79. The molecule has 0 aromatic heterocycles. The van der Waals surface area contributed by atoms with Crippen LogP contribution in [0.15, 0.2) is 84.9 Å². The van der Waals surface area contributed by atoms with Crippen LogP contribution in [0, 0.1) is 27.7 Å². The molecule has 0 aliphatic heterocycles. The molecule has 0 heteroatoms. The van der Waals surface area contributed by atoms with Crippen molar-refractivity contribution in [1.82, 2.24) is 0 Å². The standard InChI is InChI=1S/C8H10.2C7H8.2C2H6/c1-7-3-5-8(2)6-4-7;2*1-7-5-3-2-4-6-7;2*1-2/h3-6H,1-2H3;2*2-6H,1H3;2*1-2H3. The van der Waals surface area contributed by atoms with Gasteiger partial charge in [0.2, 0.25) is 0 Å². The van der Waals surface area contributed by atoms with E-state index in [1.165, 1.54) is 22.3 Å². The molecule has 0 fully saturated rings. The zero-order valence-corrected chi connectivity index (χ0v) is 18.1. The summed E-state index contributed by atoms with van der Waals surface area (Å²) >= 11 is 0. The van der Waals surface area contributed by atoms with E-state index in [0.717, 1.165) is 0 Å². The third kappa shape index (κ3) is 16.5. The molecule has 0 saturated heterocycles. The van der Waals surface area contributed by atoms with Gasteiger partial charge in [0, 0.05) is 0 Å². The smallest absolute Gasteiger partial charge is 0.0398 e. The molecule has 0 aliphatic carbocycles. The predicted octanol–water partition coefficient (Wildman–Crippen LogP) is 8.35. The Labute approximate surface area is 162 Å². The third-order valence-corrected chi connectivity index (χ3v) is 3.10. The molecule has 0 amide bonds. The van der Waals surface area contributed by atoms with Crippen molar-refractivity contribution in [3.05, 3.63) is 107 Å². The van der Waals surface area contributed by atoms with E-state index in [0.29, 0.717) is 0 Å². The average Bonchev–Trinajstić information content (AvgIpc) is 2.70. The van der Waals surface area contributed by atoms with Crippen LogP contribution in [0.5, 0.6) is 0 Å². The number of benzene rings is 3. The van der Waals surface area contributed by atoms with Gasteiger partial charge in [-0.15, -0.1) is 0 Å². The van der Waals surface area contributed by atoms with Gasteiger partial charge in [-0.2, -0.15) is 0 Å². The molecule has 3 aromatic rings. The molecule has 0 saturated carbocycles. The van der Waals surface area contributed by atoms with Crippen molar-refractivity contribution in [2.24, 2.45) is 0 Å². The summed E-state index contributed by atoms with van der Waals surface area (Å²) in [4.78, 5) is 0. The summed E-state index contributed by atoms with van der Waals surface area (Å²) in [5, 5.41) is 0. The minimum atomic E-state index is 1.32. The number of aryl methyl sites for hydroxylation is 4. The molecule has 0 N–H and O–H groups in total. The molecule has 3 aromatic carbocycles. The number of rotatable bonds is 0. The van der Waals surface area contributed by atoms with Crippen molar-refractivity contribution in [2.45, 2.75) is 55.4 Å². The first kappa shape index (κ1) is 25.9. The van der Waals surface area contributed by atoms with E-state index < -0.39 is 0 Å². The molecule has 142 valence electrons. The first-order valence-electron chi connectivity index (χ1n) is 9.64. The second-order valence-corrected chi connectivity index (χ2v) is 5.46. The van der Waals surface area contributed by atoms with Gasteiger partial charge in [-0.25, -0.2) is 0 Å². The summed E-state index contributed by atoms with van der Waals surface area (Å²) in [5.74, 6) is 0. The van der Waals surface area contributed by atoms with Crippen LogP contribution < -0.4 is 0 Å². The van der Waals surface area contributed by atoms with Gasteiger partial charge in [-0.05, 0) is 27.7 Å². The van der Waals surface area contributed by atoms with Gasteiger partial charge in [0.25, 0.3) is 0 Å². The quantitative estimate of drug-likeness (QED) is 0.382. The Morgan fingerprint density at radius 1 is 0.308 bits per heavy atom. The minimum Gasteiger partial charge on any atom is -0.0683 e. The summed E-state index contributed by atoms with van der Waals surface area (Å²) in [7, 11) is 0. The maximum Gasteiger partial charge on any atom is -0.0398 e. The van der Waals surface area contributed by atoms with Crippen LogP contribution in [0.1, 0.15) is 49.9 Å². The Morgan fingerprint density at radius 3 is 0.654 bits per heavy atom. The Hall–Kier alpha value is -2.34. The first-order valence-corrected chi connectivity index (χ1v) is 9.64. The maximum atomic E-state index is 2.12. The molecule has 3 rings (SSSR count). The van der Waals surface area contributed by atoms with Gasteiger partial charge >= 0.3 is 0 Å². The fraction of sp³-hybridized carbons (Fsp3) is 0.308. The van der Waals surface area contributed by atoms with Gasteiger partial charge in [-0.1, -0.05) is 135 Å². The second-order valence-electron chi connectivity index (χ2n) is 5.46. The van der Waals surface area contributed by atoms with Crippen molar-refractivity contribution in [3.63, 3.8) is 0 Å². The van der Waals surface area contributed by atoms with Crippen LogP contribution in [0.3, 0.4) is 0 Å². The molecule has 0 heterocycles. The molecule has 0 atom stereocenters. The average molecular weight is 351 g/mol. The topological polar surface area (TPSA) is 0 Å². The van der Waals surface area contributed by atoms with E-state index in [-0.39, 0.29) is 0 Å². The Bertz CT molecular complexity index is 549. The van der Waals surface area contributed by atoms with E-state index in [9.17, 15) is 0 Å². The summed E-state index contributed by atoms with van der Waals surface area (Å²) in [6.07, 6.45) is 0. The Kier molecular flexibility index (Phi) is 18.9. The summed E-state index contributed by atoms with van der Waals surface area (Å²) in [5.41, 5.74) is 5.30.